The number of aromatic nitrogens is 3. The van der Waals surface area contributed by atoms with Crippen LogP contribution < -0.4 is 4.74 Å². The molecule has 0 saturated heterocycles. The van der Waals surface area contributed by atoms with Crippen LogP contribution in [-0.2, 0) is 26.1 Å². The van der Waals surface area contributed by atoms with Crippen molar-refractivity contribution >= 4 is 10.9 Å². The summed E-state index contributed by atoms with van der Waals surface area (Å²) in [5.41, 5.74) is 6.07. The fourth-order valence-corrected chi connectivity index (χ4v) is 4.15. The zero-order chi connectivity index (χ0) is 21.2. The number of nitrogens with zero attached hydrogens (tertiary/aromatic N) is 3. The number of rotatable bonds is 6. The van der Waals surface area contributed by atoms with Crippen LogP contribution in [0.4, 0.5) is 0 Å². The molecule has 1 N–H and O–H groups in total. The molecule has 0 saturated carbocycles. The fourth-order valence-electron chi connectivity index (χ4n) is 4.15. The van der Waals surface area contributed by atoms with Gasteiger partial charge in [-0.2, -0.15) is 0 Å². The molecule has 1 aliphatic rings. The summed E-state index contributed by atoms with van der Waals surface area (Å²) in [5.74, 6) is 2.19. The van der Waals surface area contributed by atoms with E-state index >= 15 is 0 Å². The van der Waals surface area contributed by atoms with Crippen LogP contribution in [0.25, 0.3) is 10.9 Å². The maximum absolute atomic E-state index is 6.05. The van der Waals surface area contributed by atoms with Gasteiger partial charge in [0.05, 0.1) is 5.69 Å². The number of hydrogen-bond donors (Lipinski definition) is 1. The molecule has 0 amide bonds. The monoisotopic (exact) mass is 412 g/mol. The van der Waals surface area contributed by atoms with E-state index in [0.717, 1.165) is 43.1 Å². The highest BCUT2D eigenvalue weighted by Gasteiger charge is 2.20. The predicted molar refractivity (Wildman–Crippen MR) is 123 cm³/mol. The van der Waals surface area contributed by atoms with E-state index in [2.05, 4.69) is 59.2 Å². The van der Waals surface area contributed by atoms with Crippen LogP contribution in [0.15, 0.2) is 60.9 Å². The predicted octanol–water partition coefficient (Wildman–Crippen LogP) is 5.22. The quantitative estimate of drug-likeness (QED) is 0.472. The minimum absolute atomic E-state index is 0.351. The molecule has 5 heteroatoms. The van der Waals surface area contributed by atoms with Gasteiger partial charge in [0.2, 0.25) is 0 Å². The summed E-state index contributed by atoms with van der Waals surface area (Å²) >= 11 is 0. The smallest absolute Gasteiger partial charge is 0.131 e. The number of fused-ring (bicyclic) bond motifs is 2. The van der Waals surface area contributed by atoms with E-state index < -0.39 is 0 Å². The minimum atomic E-state index is 0.351. The molecule has 0 atom stereocenters. The zero-order valence-electron chi connectivity index (χ0n) is 18.1. The van der Waals surface area contributed by atoms with Gasteiger partial charge >= 0.3 is 0 Å². The van der Waals surface area contributed by atoms with Crippen LogP contribution in [0, 0.1) is 0 Å². The molecule has 5 nitrogen and oxygen atoms in total. The SMILES string of the molecule is CC(C)c1ncc2c(n1)CN(Cc1c[nH]c3ccc(OCc4ccccc4)cc13)CC2. The van der Waals surface area contributed by atoms with Crippen molar-refractivity contribution in [2.24, 2.45) is 0 Å². The van der Waals surface area contributed by atoms with E-state index in [4.69, 9.17) is 9.72 Å². The molecule has 1 aliphatic heterocycles. The van der Waals surface area contributed by atoms with Crippen molar-refractivity contribution in [3.05, 3.63) is 89.1 Å². The fraction of sp³-hybridized carbons (Fsp3) is 0.308. The standard InChI is InChI=1S/C26H28N4O/c1-18(2)26-28-13-20-10-11-30(16-25(20)29-26)15-21-14-27-24-9-8-22(12-23(21)24)31-17-19-6-4-3-5-7-19/h3-9,12-14,18,27H,10-11,15-17H2,1-2H3. The molecule has 0 unspecified atom stereocenters. The molecule has 0 fully saturated rings. The number of hydrogen-bond acceptors (Lipinski definition) is 4. The van der Waals surface area contributed by atoms with E-state index in [-0.39, 0.29) is 0 Å². The van der Waals surface area contributed by atoms with E-state index in [9.17, 15) is 0 Å². The molecule has 5 rings (SSSR count). The molecule has 3 heterocycles. The Morgan fingerprint density at radius 3 is 2.84 bits per heavy atom. The van der Waals surface area contributed by atoms with Crippen LogP contribution in [0.3, 0.4) is 0 Å². The van der Waals surface area contributed by atoms with Gasteiger partial charge < -0.3 is 9.72 Å². The summed E-state index contributed by atoms with van der Waals surface area (Å²) in [4.78, 5) is 15.3. The molecular weight excluding hydrogens is 384 g/mol. The summed E-state index contributed by atoms with van der Waals surface area (Å²) in [6.07, 6.45) is 5.15. The van der Waals surface area contributed by atoms with Crippen LogP contribution in [0.2, 0.25) is 0 Å². The molecule has 0 bridgehead atoms. The molecule has 4 aromatic rings. The lowest BCUT2D eigenvalue weighted by Gasteiger charge is -2.28. The maximum Gasteiger partial charge on any atom is 0.131 e. The summed E-state index contributed by atoms with van der Waals surface area (Å²) in [6.45, 7) is 7.65. The lowest BCUT2D eigenvalue weighted by atomic mass is 10.0. The second-order valence-corrected chi connectivity index (χ2v) is 8.61. The first-order valence-corrected chi connectivity index (χ1v) is 11.0. The highest BCUT2D eigenvalue weighted by molar-refractivity contribution is 5.84. The molecule has 2 aromatic carbocycles. The van der Waals surface area contributed by atoms with Crippen LogP contribution in [-0.4, -0.2) is 26.4 Å². The van der Waals surface area contributed by atoms with Gasteiger partial charge in [-0.1, -0.05) is 44.2 Å². The Balaban J connectivity index is 1.32. The van der Waals surface area contributed by atoms with Crippen LogP contribution in [0.5, 0.6) is 5.75 Å². The van der Waals surface area contributed by atoms with Gasteiger partial charge in [-0.05, 0) is 41.3 Å². The molecule has 2 aromatic heterocycles. The second-order valence-electron chi connectivity index (χ2n) is 8.61. The number of H-pyrrole nitrogens is 1. The topological polar surface area (TPSA) is 54.0 Å². The Labute approximate surface area is 183 Å². The van der Waals surface area contributed by atoms with Crippen molar-refractivity contribution in [3.63, 3.8) is 0 Å². The first kappa shape index (κ1) is 19.8. The largest absolute Gasteiger partial charge is 0.489 e. The first-order chi connectivity index (χ1) is 15.2. The van der Waals surface area contributed by atoms with Gasteiger partial charge in [-0.3, -0.25) is 4.90 Å². The van der Waals surface area contributed by atoms with E-state index in [1.807, 2.05) is 30.5 Å². The van der Waals surface area contributed by atoms with E-state index in [1.165, 1.54) is 27.8 Å². The molecule has 31 heavy (non-hydrogen) atoms. The van der Waals surface area contributed by atoms with Crippen molar-refractivity contribution in [1.82, 2.24) is 19.9 Å². The lowest BCUT2D eigenvalue weighted by molar-refractivity contribution is 0.241. The van der Waals surface area contributed by atoms with Gasteiger partial charge in [-0.15, -0.1) is 0 Å². The summed E-state index contributed by atoms with van der Waals surface area (Å²) in [6, 6.07) is 16.6. The summed E-state index contributed by atoms with van der Waals surface area (Å²) < 4.78 is 6.05. The van der Waals surface area contributed by atoms with Gasteiger partial charge in [0.1, 0.15) is 18.2 Å². The van der Waals surface area contributed by atoms with Crippen molar-refractivity contribution < 1.29 is 4.74 Å². The first-order valence-electron chi connectivity index (χ1n) is 11.0. The Kier molecular flexibility index (Phi) is 5.43. The van der Waals surface area contributed by atoms with Crippen molar-refractivity contribution in [3.8, 4) is 5.75 Å². The third kappa shape index (κ3) is 4.32. The second kappa shape index (κ2) is 8.52. The third-order valence-corrected chi connectivity index (χ3v) is 5.94. The number of nitrogens with one attached hydrogen (secondary N) is 1. The lowest BCUT2D eigenvalue weighted by Crippen LogP contribution is -2.31. The molecule has 158 valence electrons. The van der Waals surface area contributed by atoms with E-state index in [1.54, 1.807) is 0 Å². The Hall–Kier alpha value is -3.18. The summed E-state index contributed by atoms with van der Waals surface area (Å²) in [5, 5.41) is 1.22. The van der Waals surface area contributed by atoms with Crippen LogP contribution >= 0.6 is 0 Å². The van der Waals surface area contributed by atoms with Crippen LogP contribution in [0.1, 0.15) is 48.0 Å². The Bertz CT molecular complexity index is 1180. The normalized spacial score (nSPS) is 14.2. The highest BCUT2D eigenvalue weighted by Crippen LogP contribution is 2.27. The number of ether oxygens (including phenoxy) is 1. The van der Waals surface area contributed by atoms with Gasteiger partial charge in [-0.25, -0.2) is 9.97 Å². The average Bonchev–Trinajstić information content (AvgIpc) is 3.20. The van der Waals surface area contributed by atoms with Crippen molar-refractivity contribution in [2.75, 3.05) is 6.54 Å². The summed E-state index contributed by atoms with van der Waals surface area (Å²) in [7, 11) is 0. The Morgan fingerprint density at radius 2 is 2.00 bits per heavy atom. The van der Waals surface area contributed by atoms with Gasteiger partial charge in [0.25, 0.3) is 0 Å². The molecule has 0 spiro atoms. The highest BCUT2D eigenvalue weighted by atomic mass is 16.5. The maximum atomic E-state index is 6.05. The molecule has 0 aliphatic carbocycles. The van der Waals surface area contributed by atoms with Crippen molar-refractivity contribution in [1.29, 1.82) is 0 Å². The third-order valence-electron chi connectivity index (χ3n) is 5.94. The average molecular weight is 413 g/mol. The minimum Gasteiger partial charge on any atom is -0.489 e. The Morgan fingerprint density at radius 1 is 1.13 bits per heavy atom. The number of benzene rings is 2. The van der Waals surface area contributed by atoms with Gasteiger partial charge in [0, 0.05) is 48.8 Å². The zero-order valence-corrected chi connectivity index (χ0v) is 18.1. The van der Waals surface area contributed by atoms with Crippen molar-refractivity contribution in [2.45, 2.75) is 45.9 Å². The number of aromatic amines is 1. The van der Waals surface area contributed by atoms with E-state index in [0.29, 0.717) is 12.5 Å². The van der Waals surface area contributed by atoms with Gasteiger partial charge in [0.15, 0.2) is 0 Å². The molecule has 0 radical (unpaired) electrons. The molecular formula is C26H28N4O.